The van der Waals surface area contributed by atoms with Crippen LogP contribution in [0, 0.1) is 6.92 Å². The first kappa shape index (κ1) is 20.6. The number of likely N-dealkylation sites (tertiary alicyclic amines) is 1. The van der Waals surface area contributed by atoms with Gasteiger partial charge in [-0.3, -0.25) is 9.48 Å². The molecule has 10 heteroatoms. The van der Waals surface area contributed by atoms with Gasteiger partial charge in [0, 0.05) is 32.4 Å². The Bertz CT molecular complexity index is 878. The predicted molar refractivity (Wildman–Crippen MR) is 102 cm³/mol. The van der Waals surface area contributed by atoms with Crippen LogP contribution in [0.5, 0.6) is 5.75 Å². The van der Waals surface area contributed by atoms with Crippen LogP contribution in [0.1, 0.15) is 28.8 Å². The van der Waals surface area contributed by atoms with Crippen LogP contribution in [0.15, 0.2) is 30.6 Å². The van der Waals surface area contributed by atoms with Gasteiger partial charge in [0.05, 0.1) is 17.4 Å². The van der Waals surface area contributed by atoms with E-state index in [1.807, 2.05) is 0 Å². The van der Waals surface area contributed by atoms with Crippen LogP contribution in [0.4, 0.5) is 19.3 Å². The number of halogens is 2. The molecule has 0 aliphatic carbocycles. The highest BCUT2D eigenvalue weighted by molar-refractivity contribution is 5.94. The molecule has 1 aliphatic rings. The average Bonchev–Trinajstić information content (AvgIpc) is 3.11. The Morgan fingerprint density at radius 3 is 2.62 bits per heavy atom. The molecule has 0 unspecified atom stereocenters. The summed E-state index contributed by atoms with van der Waals surface area (Å²) in [5, 5.41) is 9.59. The number of aryl methyl sites for hydroxylation is 2. The van der Waals surface area contributed by atoms with Crippen molar-refractivity contribution < 1.29 is 23.1 Å². The number of anilines is 1. The van der Waals surface area contributed by atoms with Gasteiger partial charge in [-0.25, -0.2) is 4.79 Å². The second kappa shape index (κ2) is 8.89. The van der Waals surface area contributed by atoms with Crippen LogP contribution in [0.3, 0.4) is 0 Å². The van der Waals surface area contributed by atoms with Gasteiger partial charge in [-0.15, -0.1) is 0 Å². The number of piperidine rings is 1. The molecule has 1 saturated heterocycles. The Kier molecular flexibility index (Phi) is 6.30. The minimum atomic E-state index is -2.98. The van der Waals surface area contributed by atoms with E-state index in [2.05, 4.69) is 20.5 Å². The number of benzene rings is 1. The second-order valence-corrected chi connectivity index (χ2v) is 6.89. The fourth-order valence-corrected chi connectivity index (χ4v) is 3.22. The summed E-state index contributed by atoms with van der Waals surface area (Å²) in [4.78, 5) is 26.4. The van der Waals surface area contributed by atoms with Crippen LogP contribution < -0.4 is 15.4 Å². The third kappa shape index (κ3) is 5.21. The normalized spacial score (nSPS) is 14.7. The summed E-state index contributed by atoms with van der Waals surface area (Å²) in [7, 11) is 1.74. The highest BCUT2D eigenvalue weighted by atomic mass is 19.3. The number of para-hydroxylation sites is 1. The van der Waals surface area contributed by atoms with Gasteiger partial charge < -0.3 is 20.3 Å². The Hall–Kier alpha value is -3.17. The summed E-state index contributed by atoms with van der Waals surface area (Å²) in [5.74, 6) is -0.276. The van der Waals surface area contributed by atoms with E-state index in [0.717, 1.165) is 0 Å². The molecule has 2 heterocycles. The van der Waals surface area contributed by atoms with Crippen LogP contribution in [-0.2, 0) is 7.05 Å². The summed E-state index contributed by atoms with van der Waals surface area (Å²) >= 11 is 0. The Morgan fingerprint density at radius 1 is 1.28 bits per heavy atom. The zero-order valence-electron chi connectivity index (χ0n) is 16.2. The lowest BCUT2D eigenvalue weighted by Crippen LogP contribution is -2.47. The molecule has 0 spiro atoms. The van der Waals surface area contributed by atoms with Gasteiger partial charge in [-0.1, -0.05) is 12.1 Å². The number of carbonyl (C=O) groups is 2. The lowest BCUT2D eigenvalue weighted by Gasteiger charge is -2.32. The molecule has 2 N–H and O–H groups in total. The summed E-state index contributed by atoms with van der Waals surface area (Å²) in [6.07, 6.45) is 4.32. The predicted octanol–water partition coefficient (Wildman–Crippen LogP) is 2.76. The number of hydrogen-bond donors (Lipinski definition) is 2. The van der Waals surface area contributed by atoms with Crippen molar-refractivity contribution in [3.8, 4) is 5.75 Å². The minimum absolute atomic E-state index is 0.0528. The maximum atomic E-state index is 12.6. The number of ether oxygens (including phenoxy) is 1. The van der Waals surface area contributed by atoms with Crippen LogP contribution in [-0.4, -0.2) is 52.4 Å². The topological polar surface area (TPSA) is 88.5 Å². The maximum Gasteiger partial charge on any atom is 0.387 e. The first-order valence-corrected chi connectivity index (χ1v) is 9.23. The van der Waals surface area contributed by atoms with E-state index < -0.39 is 12.6 Å². The van der Waals surface area contributed by atoms with Gasteiger partial charge in [0.1, 0.15) is 5.75 Å². The van der Waals surface area contributed by atoms with E-state index in [9.17, 15) is 18.4 Å². The first-order chi connectivity index (χ1) is 13.8. The molecule has 1 fully saturated rings. The van der Waals surface area contributed by atoms with Gasteiger partial charge in [0.25, 0.3) is 5.91 Å². The van der Waals surface area contributed by atoms with Crippen molar-refractivity contribution in [1.29, 1.82) is 0 Å². The maximum absolute atomic E-state index is 12.6. The minimum Gasteiger partial charge on any atom is -0.433 e. The van der Waals surface area contributed by atoms with E-state index in [0.29, 0.717) is 37.1 Å². The van der Waals surface area contributed by atoms with Crippen LogP contribution in [0.25, 0.3) is 0 Å². The fourth-order valence-electron chi connectivity index (χ4n) is 3.22. The summed E-state index contributed by atoms with van der Waals surface area (Å²) in [5.41, 5.74) is 1.33. The Balaban J connectivity index is 1.55. The van der Waals surface area contributed by atoms with Crippen molar-refractivity contribution >= 4 is 17.6 Å². The van der Waals surface area contributed by atoms with Gasteiger partial charge in [0.2, 0.25) is 0 Å². The van der Waals surface area contributed by atoms with E-state index in [1.54, 1.807) is 41.9 Å². The number of hydrogen-bond acceptors (Lipinski definition) is 4. The lowest BCUT2D eigenvalue weighted by molar-refractivity contribution is -0.0493. The number of aromatic nitrogens is 2. The van der Waals surface area contributed by atoms with Crippen LogP contribution in [0.2, 0.25) is 0 Å². The molecular formula is C19H23F2N5O3. The van der Waals surface area contributed by atoms with Crippen molar-refractivity contribution in [2.75, 3.05) is 18.4 Å². The Morgan fingerprint density at radius 2 is 2.00 bits per heavy atom. The fraction of sp³-hybridized carbons (Fsp3) is 0.421. The van der Waals surface area contributed by atoms with Crippen molar-refractivity contribution in [3.63, 3.8) is 0 Å². The largest absolute Gasteiger partial charge is 0.433 e. The van der Waals surface area contributed by atoms with Crippen molar-refractivity contribution in [2.24, 2.45) is 7.05 Å². The number of nitrogens with zero attached hydrogens (tertiary/aromatic N) is 3. The molecule has 0 radical (unpaired) electrons. The second-order valence-electron chi connectivity index (χ2n) is 6.89. The van der Waals surface area contributed by atoms with Gasteiger partial charge in [-0.05, 0) is 31.4 Å². The number of carbonyl (C=O) groups excluding carboxylic acids is 2. The van der Waals surface area contributed by atoms with Crippen molar-refractivity contribution in [2.45, 2.75) is 32.4 Å². The standard InChI is InChI=1S/C19H23F2N5O3/c1-12-4-3-5-15(29-18(20)21)16(12)24-19(28)26-8-6-14(7-9-26)23-17(27)13-10-22-25(2)11-13/h3-5,10-11,14,18H,6-9H2,1-2H3,(H,23,27)(H,24,28). The van der Waals surface area contributed by atoms with E-state index in [1.165, 1.54) is 12.3 Å². The molecule has 1 aliphatic heterocycles. The van der Waals surface area contributed by atoms with Crippen LogP contribution >= 0.6 is 0 Å². The molecule has 29 heavy (non-hydrogen) atoms. The molecule has 0 atom stereocenters. The molecule has 0 saturated carbocycles. The number of nitrogens with one attached hydrogen (secondary N) is 2. The molecule has 3 amide bonds. The molecule has 0 bridgehead atoms. The number of alkyl halides is 2. The van der Waals surface area contributed by atoms with E-state index >= 15 is 0 Å². The lowest BCUT2D eigenvalue weighted by atomic mass is 10.0. The van der Waals surface area contributed by atoms with Gasteiger partial charge >= 0.3 is 12.6 Å². The van der Waals surface area contributed by atoms with E-state index in [4.69, 9.17) is 0 Å². The molecule has 1 aromatic carbocycles. The smallest absolute Gasteiger partial charge is 0.387 e. The van der Waals surface area contributed by atoms with Crippen molar-refractivity contribution in [1.82, 2.24) is 20.0 Å². The SMILES string of the molecule is Cc1cccc(OC(F)F)c1NC(=O)N1CCC(NC(=O)c2cnn(C)c2)CC1. The molecule has 3 rings (SSSR count). The third-order valence-corrected chi connectivity index (χ3v) is 4.77. The Labute approximate surface area is 166 Å². The summed E-state index contributed by atoms with van der Waals surface area (Å²) < 4.78 is 31.3. The third-order valence-electron chi connectivity index (χ3n) is 4.77. The zero-order valence-corrected chi connectivity index (χ0v) is 16.2. The number of rotatable bonds is 5. The van der Waals surface area contributed by atoms with Gasteiger partial charge in [0.15, 0.2) is 0 Å². The van der Waals surface area contributed by atoms with Gasteiger partial charge in [-0.2, -0.15) is 13.9 Å². The quantitative estimate of drug-likeness (QED) is 0.798. The van der Waals surface area contributed by atoms with Crippen molar-refractivity contribution in [3.05, 3.63) is 41.7 Å². The molecule has 8 nitrogen and oxygen atoms in total. The monoisotopic (exact) mass is 407 g/mol. The summed E-state index contributed by atoms with van der Waals surface area (Å²) in [6.45, 7) is -0.415. The molecule has 156 valence electrons. The number of amides is 3. The average molecular weight is 407 g/mol. The first-order valence-electron chi connectivity index (χ1n) is 9.23. The number of urea groups is 1. The molecule has 2 aromatic rings. The highest BCUT2D eigenvalue weighted by Gasteiger charge is 2.25. The van der Waals surface area contributed by atoms with E-state index in [-0.39, 0.29) is 23.4 Å². The molecule has 1 aromatic heterocycles. The zero-order chi connectivity index (χ0) is 21.0. The summed E-state index contributed by atoms with van der Waals surface area (Å²) in [6, 6.07) is 4.22. The molecular weight excluding hydrogens is 384 g/mol. The highest BCUT2D eigenvalue weighted by Crippen LogP contribution is 2.30.